The highest BCUT2D eigenvalue weighted by Gasteiger charge is 2.18. The highest BCUT2D eigenvalue weighted by Crippen LogP contribution is 2.28. The Morgan fingerprint density at radius 2 is 1.79 bits per heavy atom. The lowest BCUT2D eigenvalue weighted by Crippen LogP contribution is -2.14. The molecule has 2 aromatic carbocycles. The monoisotopic (exact) mass is 405 g/mol. The summed E-state index contributed by atoms with van der Waals surface area (Å²) in [7, 11) is -4.18. The Kier molecular flexibility index (Phi) is 5.19. The Morgan fingerprint density at radius 1 is 1.00 bits per heavy atom. The molecule has 3 rings (SSSR count). The lowest BCUT2D eigenvalue weighted by molar-refractivity contribution is 0.437. The van der Waals surface area contributed by atoms with Crippen LogP contribution < -0.4 is 9.46 Å². The van der Waals surface area contributed by atoms with E-state index in [9.17, 15) is 21.6 Å². The second kappa shape index (κ2) is 7.58. The molecular formula is C18H10F3N3O3S. The zero-order chi connectivity index (χ0) is 20.3. The second-order valence-electron chi connectivity index (χ2n) is 5.41. The highest BCUT2D eigenvalue weighted by molar-refractivity contribution is 7.92. The number of nitriles is 1. The lowest BCUT2D eigenvalue weighted by atomic mass is 10.2. The molecule has 0 amide bonds. The minimum absolute atomic E-state index is 0.0698. The van der Waals surface area contributed by atoms with Gasteiger partial charge in [-0.25, -0.2) is 26.6 Å². The second-order valence-corrected chi connectivity index (χ2v) is 7.10. The summed E-state index contributed by atoms with van der Waals surface area (Å²) in [4.78, 5) is 3.14. The number of anilines is 1. The minimum atomic E-state index is -4.18. The van der Waals surface area contributed by atoms with Crippen molar-refractivity contribution in [3.05, 3.63) is 77.7 Å². The van der Waals surface area contributed by atoms with Crippen molar-refractivity contribution in [1.29, 1.82) is 5.26 Å². The molecule has 1 N–H and O–H groups in total. The van der Waals surface area contributed by atoms with Gasteiger partial charge in [0.25, 0.3) is 10.0 Å². The predicted octanol–water partition coefficient (Wildman–Crippen LogP) is 3.96. The maximum atomic E-state index is 14.3. The van der Waals surface area contributed by atoms with Crippen molar-refractivity contribution < 1.29 is 26.3 Å². The summed E-state index contributed by atoms with van der Waals surface area (Å²) in [6, 6.07) is 9.95. The molecule has 0 aliphatic carbocycles. The summed E-state index contributed by atoms with van der Waals surface area (Å²) in [6.07, 6.45) is 0.825. The molecule has 28 heavy (non-hydrogen) atoms. The van der Waals surface area contributed by atoms with Crippen LogP contribution in [0.1, 0.15) is 5.56 Å². The quantitative estimate of drug-likeness (QED) is 0.694. The number of hydrogen-bond donors (Lipinski definition) is 1. The zero-order valence-electron chi connectivity index (χ0n) is 13.9. The Hall–Kier alpha value is -3.58. The fourth-order valence-corrected chi connectivity index (χ4v) is 3.16. The summed E-state index contributed by atoms with van der Waals surface area (Å²) in [6.45, 7) is 0. The van der Waals surface area contributed by atoms with Crippen LogP contribution in [0.2, 0.25) is 0 Å². The lowest BCUT2D eigenvalue weighted by Gasteiger charge is -2.10. The maximum absolute atomic E-state index is 14.3. The normalized spacial score (nSPS) is 10.9. The van der Waals surface area contributed by atoms with Crippen molar-refractivity contribution in [1.82, 2.24) is 4.98 Å². The molecule has 0 radical (unpaired) electrons. The molecule has 0 saturated heterocycles. The number of rotatable bonds is 5. The largest absolute Gasteiger partial charge is 0.454 e. The number of nitrogens with one attached hydrogen (secondary N) is 1. The van der Waals surface area contributed by atoms with Crippen LogP contribution in [0.15, 0.2) is 59.6 Å². The van der Waals surface area contributed by atoms with E-state index in [-0.39, 0.29) is 22.9 Å². The Labute approximate surface area is 157 Å². The molecule has 1 heterocycles. The first-order chi connectivity index (χ1) is 13.3. The summed E-state index contributed by atoms with van der Waals surface area (Å²) in [5.74, 6) is -3.05. The first kappa shape index (κ1) is 19.2. The Morgan fingerprint density at radius 3 is 2.39 bits per heavy atom. The number of pyridine rings is 1. The minimum Gasteiger partial charge on any atom is -0.454 e. The van der Waals surface area contributed by atoms with Gasteiger partial charge in [-0.15, -0.1) is 0 Å². The SMILES string of the molecule is N#Cc1ccc(Oc2ccc(S(=O)(=O)Nc3ccc(F)cn3)cc2F)cc1F. The average molecular weight is 405 g/mol. The highest BCUT2D eigenvalue weighted by atomic mass is 32.2. The molecule has 6 nitrogen and oxygen atoms in total. The number of hydrogen-bond acceptors (Lipinski definition) is 5. The van der Waals surface area contributed by atoms with Gasteiger partial charge in [-0.2, -0.15) is 5.26 Å². The van der Waals surface area contributed by atoms with Gasteiger partial charge < -0.3 is 4.74 Å². The Bertz CT molecular complexity index is 1180. The third kappa shape index (κ3) is 4.21. The van der Waals surface area contributed by atoms with Crippen LogP contribution in [0.5, 0.6) is 11.5 Å². The van der Waals surface area contributed by atoms with Gasteiger partial charge in [0.05, 0.1) is 16.7 Å². The third-order valence-corrected chi connectivity index (χ3v) is 4.82. The predicted molar refractivity (Wildman–Crippen MR) is 92.6 cm³/mol. The summed E-state index contributed by atoms with van der Waals surface area (Å²) in [5, 5.41) is 8.69. The van der Waals surface area contributed by atoms with Crippen LogP contribution in [-0.2, 0) is 10.0 Å². The molecule has 0 aliphatic heterocycles. The van der Waals surface area contributed by atoms with E-state index in [2.05, 4.69) is 9.71 Å². The van der Waals surface area contributed by atoms with Gasteiger partial charge in [0.1, 0.15) is 29.3 Å². The van der Waals surface area contributed by atoms with Crippen molar-refractivity contribution in [3.63, 3.8) is 0 Å². The van der Waals surface area contributed by atoms with Crippen LogP contribution in [-0.4, -0.2) is 13.4 Å². The van der Waals surface area contributed by atoms with E-state index in [1.807, 2.05) is 0 Å². The first-order valence-corrected chi connectivity index (χ1v) is 9.08. The number of nitrogens with zero attached hydrogens (tertiary/aromatic N) is 2. The third-order valence-electron chi connectivity index (χ3n) is 3.47. The summed E-state index contributed by atoms with van der Waals surface area (Å²) in [5.41, 5.74) is -0.199. The van der Waals surface area contributed by atoms with E-state index in [4.69, 9.17) is 10.00 Å². The van der Waals surface area contributed by atoms with Gasteiger partial charge in [0.2, 0.25) is 0 Å². The van der Waals surface area contributed by atoms with Crippen LogP contribution in [0, 0.1) is 28.8 Å². The van der Waals surface area contributed by atoms with Crippen molar-refractivity contribution >= 4 is 15.8 Å². The summed E-state index contributed by atoms with van der Waals surface area (Å²) < 4.78 is 72.6. The molecule has 0 bridgehead atoms. The van der Waals surface area contributed by atoms with E-state index in [1.54, 1.807) is 6.07 Å². The van der Waals surface area contributed by atoms with Crippen LogP contribution >= 0.6 is 0 Å². The van der Waals surface area contributed by atoms with Gasteiger partial charge in [0, 0.05) is 6.07 Å². The Balaban J connectivity index is 1.82. The number of halogens is 3. The molecule has 3 aromatic rings. The van der Waals surface area contributed by atoms with Gasteiger partial charge >= 0.3 is 0 Å². The molecule has 0 aliphatic rings. The number of sulfonamides is 1. The van der Waals surface area contributed by atoms with Crippen molar-refractivity contribution in [2.24, 2.45) is 0 Å². The molecular weight excluding hydrogens is 395 g/mol. The van der Waals surface area contributed by atoms with Crippen molar-refractivity contribution in [3.8, 4) is 17.6 Å². The smallest absolute Gasteiger partial charge is 0.263 e. The number of aromatic nitrogens is 1. The fourth-order valence-electron chi connectivity index (χ4n) is 2.14. The van der Waals surface area contributed by atoms with Crippen molar-refractivity contribution in [2.75, 3.05) is 4.72 Å². The van der Waals surface area contributed by atoms with Gasteiger partial charge in [-0.3, -0.25) is 4.72 Å². The molecule has 1 aromatic heterocycles. The van der Waals surface area contributed by atoms with E-state index in [0.717, 1.165) is 36.5 Å². The molecule has 142 valence electrons. The van der Waals surface area contributed by atoms with E-state index < -0.39 is 32.4 Å². The van der Waals surface area contributed by atoms with Gasteiger partial charge in [-0.05, 0) is 42.5 Å². The van der Waals surface area contributed by atoms with Crippen molar-refractivity contribution in [2.45, 2.75) is 4.90 Å². The molecule has 0 unspecified atom stereocenters. The van der Waals surface area contributed by atoms with Gasteiger partial charge in [0.15, 0.2) is 11.6 Å². The van der Waals surface area contributed by atoms with E-state index >= 15 is 0 Å². The van der Waals surface area contributed by atoms with E-state index in [1.165, 1.54) is 12.1 Å². The molecule has 0 atom stereocenters. The fraction of sp³-hybridized carbons (Fsp3) is 0. The van der Waals surface area contributed by atoms with Crippen LogP contribution in [0.25, 0.3) is 0 Å². The topological polar surface area (TPSA) is 92.1 Å². The first-order valence-electron chi connectivity index (χ1n) is 7.60. The molecule has 10 heteroatoms. The maximum Gasteiger partial charge on any atom is 0.263 e. The standard InChI is InChI=1S/C18H10F3N3O3S/c19-12-2-6-18(23-10-12)24-28(25,26)14-4-5-17(16(21)8-14)27-13-3-1-11(9-22)15(20)7-13/h1-8,10H,(H,23,24). The summed E-state index contributed by atoms with van der Waals surface area (Å²) >= 11 is 0. The number of benzene rings is 2. The molecule has 0 fully saturated rings. The molecule has 0 saturated carbocycles. The van der Waals surface area contributed by atoms with Crippen LogP contribution in [0.4, 0.5) is 19.0 Å². The number of ether oxygens (including phenoxy) is 1. The van der Waals surface area contributed by atoms with Crippen LogP contribution in [0.3, 0.4) is 0 Å². The average Bonchev–Trinajstić information content (AvgIpc) is 2.65. The zero-order valence-corrected chi connectivity index (χ0v) is 14.7. The van der Waals surface area contributed by atoms with Gasteiger partial charge in [-0.1, -0.05) is 0 Å². The van der Waals surface area contributed by atoms with E-state index in [0.29, 0.717) is 6.07 Å². The molecule has 0 spiro atoms.